The van der Waals surface area contributed by atoms with Crippen LogP contribution in [0.5, 0.6) is 17.2 Å². The Bertz CT molecular complexity index is 732. The maximum Gasteiger partial charge on any atom is 0.262 e. The highest BCUT2D eigenvalue weighted by atomic mass is 16.5. The number of hydrogen-bond donors (Lipinski definition) is 2. The number of aromatic nitrogens is 1. The minimum atomic E-state index is -0.400. The summed E-state index contributed by atoms with van der Waals surface area (Å²) in [6.07, 6.45) is 1.52. The topological polar surface area (TPSA) is 89.7 Å². The number of pyridine rings is 1. The monoisotopic (exact) mass is 318 g/mol. The molecule has 1 aromatic heterocycles. The van der Waals surface area contributed by atoms with E-state index in [9.17, 15) is 9.59 Å². The first-order chi connectivity index (χ1) is 11.0. The van der Waals surface area contributed by atoms with Crippen LogP contribution in [0.3, 0.4) is 0 Å². The summed E-state index contributed by atoms with van der Waals surface area (Å²) in [7, 11) is 3.04. The molecule has 0 bridgehead atoms. The summed E-state index contributed by atoms with van der Waals surface area (Å²) >= 11 is 0. The zero-order valence-corrected chi connectivity index (χ0v) is 13.1. The predicted molar refractivity (Wildman–Crippen MR) is 85.5 cm³/mol. The molecule has 0 fully saturated rings. The van der Waals surface area contributed by atoms with Crippen molar-refractivity contribution in [2.75, 3.05) is 26.1 Å². The summed E-state index contributed by atoms with van der Waals surface area (Å²) in [6, 6.07) is 6.34. The first-order valence-electron chi connectivity index (χ1n) is 6.87. The quantitative estimate of drug-likeness (QED) is 0.846. The van der Waals surface area contributed by atoms with Crippen LogP contribution < -0.4 is 25.0 Å². The van der Waals surface area contributed by atoms with Gasteiger partial charge in [0.1, 0.15) is 11.5 Å². The van der Waals surface area contributed by atoms with Crippen LogP contribution in [0, 0.1) is 6.92 Å². The molecule has 0 saturated heterocycles. The Kier molecular flexibility index (Phi) is 5.24. The van der Waals surface area contributed by atoms with Gasteiger partial charge in [0.15, 0.2) is 12.4 Å². The highest BCUT2D eigenvalue weighted by Crippen LogP contribution is 2.25. The summed E-state index contributed by atoms with van der Waals surface area (Å²) in [4.78, 5) is 26.5. The van der Waals surface area contributed by atoms with Crippen molar-refractivity contribution < 1.29 is 19.0 Å². The molecule has 0 unspecified atom stereocenters. The molecule has 0 saturated carbocycles. The van der Waals surface area contributed by atoms with Crippen LogP contribution in [-0.4, -0.2) is 31.7 Å². The second-order valence-electron chi connectivity index (χ2n) is 4.73. The van der Waals surface area contributed by atoms with Crippen LogP contribution in [0.15, 0.2) is 35.3 Å². The summed E-state index contributed by atoms with van der Waals surface area (Å²) < 4.78 is 15.6. The van der Waals surface area contributed by atoms with Gasteiger partial charge in [0.05, 0.1) is 19.9 Å². The predicted octanol–water partition coefficient (Wildman–Crippen LogP) is 1.72. The van der Waals surface area contributed by atoms with E-state index < -0.39 is 5.91 Å². The second-order valence-corrected chi connectivity index (χ2v) is 4.73. The highest BCUT2D eigenvalue weighted by Gasteiger charge is 2.10. The maximum atomic E-state index is 12.0. The van der Waals surface area contributed by atoms with Crippen LogP contribution in [0.25, 0.3) is 0 Å². The van der Waals surface area contributed by atoms with E-state index in [1.165, 1.54) is 26.5 Å². The fraction of sp³-hybridized carbons (Fsp3) is 0.250. The first-order valence-corrected chi connectivity index (χ1v) is 6.87. The molecule has 7 heteroatoms. The smallest absolute Gasteiger partial charge is 0.262 e. The van der Waals surface area contributed by atoms with E-state index in [4.69, 9.17) is 14.2 Å². The average molecular weight is 318 g/mol. The maximum absolute atomic E-state index is 12.0. The number of ether oxygens (including phenoxy) is 3. The van der Waals surface area contributed by atoms with Crippen LogP contribution in [-0.2, 0) is 4.79 Å². The Morgan fingerprint density at radius 1 is 1.17 bits per heavy atom. The van der Waals surface area contributed by atoms with Crippen molar-refractivity contribution in [3.8, 4) is 17.2 Å². The van der Waals surface area contributed by atoms with E-state index in [1.807, 2.05) is 0 Å². The van der Waals surface area contributed by atoms with Crippen molar-refractivity contribution in [2.45, 2.75) is 6.92 Å². The van der Waals surface area contributed by atoms with Crippen molar-refractivity contribution in [3.05, 3.63) is 46.4 Å². The average Bonchev–Trinajstić information content (AvgIpc) is 2.53. The molecular weight excluding hydrogens is 300 g/mol. The Balaban J connectivity index is 2.04. The van der Waals surface area contributed by atoms with E-state index in [1.54, 1.807) is 25.1 Å². The van der Waals surface area contributed by atoms with Gasteiger partial charge in [-0.25, -0.2) is 0 Å². The van der Waals surface area contributed by atoms with E-state index >= 15 is 0 Å². The van der Waals surface area contributed by atoms with Gasteiger partial charge in [0.2, 0.25) is 5.43 Å². The number of rotatable bonds is 6. The van der Waals surface area contributed by atoms with E-state index in [2.05, 4.69) is 10.3 Å². The van der Waals surface area contributed by atoms with E-state index in [0.717, 1.165) is 0 Å². The van der Waals surface area contributed by atoms with Crippen molar-refractivity contribution in [3.63, 3.8) is 0 Å². The Hall–Kier alpha value is -2.96. The third-order valence-corrected chi connectivity index (χ3v) is 3.08. The number of H-pyrrole nitrogens is 1. The molecule has 23 heavy (non-hydrogen) atoms. The van der Waals surface area contributed by atoms with Gasteiger partial charge in [-0.1, -0.05) is 0 Å². The molecule has 0 atom stereocenters. The number of methoxy groups -OCH3 is 2. The Morgan fingerprint density at radius 3 is 2.39 bits per heavy atom. The minimum Gasteiger partial charge on any atom is -0.497 e. The van der Waals surface area contributed by atoms with Gasteiger partial charge in [-0.3, -0.25) is 9.59 Å². The molecule has 0 spiro atoms. The molecule has 1 aromatic carbocycles. The standard InChI is InChI=1S/C16H18N2O5/c1-10-16(14(19)4-5-17-10)23-9-15(20)18-11-6-12(21-2)8-13(7-11)22-3/h4-8H,9H2,1-3H3,(H,17,19)(H,18,20). The largest absolute Gasteiger partial charge is 0.497 e. The molecule has 7 nitrogen and oxygen atoms in total. The summed E-state index contributed by atoms with van der Waals surface area (Å²) in [5, 5.41) is 2.66. The van der Waals surface area contributed by atoms with Crippen molar-refractivity contribution >= 4 is 11.6 Å². The van der Waals surface area contributed by atoms with Gasteiger partial charge in [-0.15, -0.1) is 0 Å². The van der Waals surface area contributed by atoms with Gasteiger partial charge < -0.3 is 24.5 Å². The fourth-order valence-electron chi connectivity index (χ4n) is 1.96. The van der Waals surface area contributed by atoms with Crippen LogP contribution in [0.1, 0.15) is 5.69 Å². The van der Waals surface area contributed by atoms with Gasteiger partial charge in [0.25, 0.3) is 5.91 Å². The lowest BCUT2D eigenvalue weighted by molar-refractivity contribution is -0.118. The van der Waals surface area contributed by atoms with Gasteiger partial charge in [0, 0.05) is 36.1 Å². The third-order valence-electron chi connectivity index (χ3n) is 3.08. The second kappa shape index (κ2) is 7.35. The van der Waals surface area contributed by atoms with Crippen molar-refractivity contribution in [2.24, 2.45) is 0 Å². The number of amides is 1. The van der Waals surface area contributed by atoms with Crippen LogP contribution in [0.2, 0.25) is 0 Å². The fourth-order valence-corrected chi connectivity index (χ4v) is 1.96. The number of nitrogens with one attached hydrogen (secondary N) is 2. The molecule has 1 heterocycles. The summed E-state index contributed by atoms with van der Waals surface area (Å²) in [5.41, 5.74) is 0.791. The molecule has 2 rings (SSSR count). The summed E-state index contributed by atoms with van der Waals surface area (Å²) in [5.74, 6) is 0.834. The molecule has 0 aliphatic rings. The minimum absolute atomic E-state index is 0.130. The van der Waals surface area contributed by atoms with E-state index in [0.29, 0.717) is 22.9 Å². The number of anilines is 1. The number of aromatic amines is 1. The number of hydrogen-bond acceptors (Lipinski definition) is 5. The zero-order valence-electron chi connectivity index (χ0n) is 13.1. The summed E-state index contributed by atoms with van der Waals surface area (Å²) in [6.45, 7) is 1.41. The zero-order chi connectivity index (χ0) is 16.8. The lowest BCUT2D eigenvalue weighted by Gasteiger charge is -2.11. The van der Waals surface area contributed by atoms with E-state index in [-0.39, 0.29) is 17.8 Å². The van der Waals surface area contributed by atoms with Gasteiger partial charge >= 0.3 is 0 Å². The Morgan fingerprint density at radius 2 is 1.83 bits per heavy atom. The van der Waals surface area contributed by atoms with Crippen molar-refractivity contribution in [1.29, 1.82) is 0 Å². The Labute approximate surface area is 133 Å². The van der Waals surface area contributed by atoms with Gasteiger partial charge in [-0.05, 0) is 6.92 Å². The van der Waals surface area contributed by atoms with Crippen LogP contribution >= 0.6 is 0 Å². The van der Waals surface area contributed by atoms with Gasteiger partial charge in [-0.2, -0.15) is 0 Å². The lowest BCUT2D eigenvalue weighted by atomic mass is 10.2. The number of benzene rings is 1. The molecule has 2 N–H and O–H groups in total. The lowest BCUT2D eigenvalue weighted by Crippen LogP contribution is -2.22. The van der Waals surface area contributed by atoms with Crippen molar-refractivity contribution in [1.82, 2.24) is 4.98 Å². The highest BCUT2D eigenvalue weighted by molar-refractivity contribution is 5.92. The number of carbonyl (C=O) groups is 1. The SMILES string of the molecule is COc1cc(NC(=O)COc2c(C)[nH]ccc2=O)cc(OC)c1. The van der Waals surface area contributed by atoms with Crippen LogP contribution in [0.4, 0.5) is 5.69 Å². The molecule has 0 aliphatic carbocycles. The third kappa shape index (κ3) is 4.26. The molecule has 1 amide bonds. The molecule has 122 valence electrons. The normalized spacial score (nSPS) is 10.0. The number of aryl methyl sites for hydroxylation is 1. The number of carbonyl (C=O) groups excluding carboxylic acids is 1. The molecule has 2 aromatic rings. The molecule has 0 aliphatic heterocycles. The molecular formula is C16H18N2O5. The first kappa shape index (κ1) is 16.4. The molecule has 0 radical (unpaired) electrons.